The van der Waals surface area contributed by atoms with Crippen molar-refractivity contribution < 1.29 is 14.7 Å². The molecular formula is C14H19NO3. The summed E-state index contributed by atoms with van der Waals surface area (Å²) in [4.78, 5) is 23.1. The number of hydrogen-bond acceptors (Lipinski definition) is 2. The Hall–Kier alpha value is -1.84. The van der Waals surface area contributed by atoms with Crippen molar-refractivity contribution >= 4 is 17.6 Å². The van der Waals surface area contributed by atoms with Crippen molar-refractivity contribution in [2.45, 2.75) is 27.7 Å². The highest BCUT2D eigenvalue weighted by Crippen LogP contribution is 2.22. The van der Waals surface area contributed by atoms with Gasteiger partial charge in [0.1, 0.15) is 0 Å². The van der Waals surface area contributed by atoms with Crippen LogP contribution in [-0.4, -0.2) is 17.0 Å². The number of aromatic carboxylic acids is 1. The lowest BCUT2D eigenvalue weighted by Crippen LogP contribution is -2.25. The summed E-state index contributed by atoms with van der Waals surface area (Å²) >= 11 is 0. The van der Waals surface area contributed by atoms with Crippen molar-refractivity contribution in [2.24, 2.45) is 11.8 Å². The van der Waals surface area contributed by atoms with Crippen LogP contribution in [0.1, 0.15) is 36.7 Å². The third-order valence-electron chi connectivity index (χ3n) is 3.16. The van der Waals surface area contributed by atoms with Crippen molar-refractivity contribution in [1.29, 1.82) is 0 Å². The van der Waals surface area contributed by atoms with Gasteiger partial charge in [0.05, 0.1) is 11.3 Å². The number of amides is 1. The van der Waals surface area contributed by atoms with Crippen LogP contribution in [0.25, 0.3) is 0 Å². The van der Waals surface area contributed by atoms with E-state index in [2.05, 4.69) is 5.32 Å². The molecule has 0 radical (unpaired) electrons. The van der Waals surface area contributed by atoms with E-state index in [0.29, 0.717) is 5.69 Å². The minimum absolute atomic E-state index is 0.124. The molecule has 98 valence electrons. The van der Waals surface area contributed by atoms with Crippen LogP contribution in [0.5, 0.6) is 0 Å². The Morgan fingerprint density at radius 2 is 1.83 bits per heavy atom. The minimum atomic E-state index is -1.04. The van der Waals surface area contributed by atoms with E-state index in [-0.39, 0.29) is 23.3 Å². The van der Waals surface area contributed by atoms with Gasteiger partial charge < -0.3 is 10.4 Å². The summed E-state index contributed by atoms with van der Waals surface area (Å²) in [5.41, 5.74) is 1.26. The number of anilines is 1. The molecule has 2 N–H and O–H groups in total. The first-order chi connectivity index (χ1) is 8.34. The van der Waals surface area contributed by atoms with Crippen LogP contribution in [0.3, 0.4) is 0 Å². The molecular weight excluding hydrogens is 230 g/mol. The van der Waals surface area contributed by atoms with Gasteiger partial charge in [0.15, 0.2) is 0 Å². The fourth-order valence-electron chi connectivity index (χ4n) is 1.55. The predicted molar refractivity (Wildman–Crippen MR) is 70.8 cm³/mol. The van der Waals surface area contributed by atoms with Crippen LogP contribution >= 0.6 is 0 Å². The molecule has 0 aliphatic rings. The van der Waals surface area contributed by atoms with Crippen LogP contribution in [0, 0.1) is 18.8 Å². The largest absolute Gasteiger partial charge is 0.478 e. The van der Waals surface area contributed by atoms with Gasteiger partial charge in [-0.1, -0.05) is 32.9 Å². The highest BCUT2D eigenvalue weighted by molar-refractivity contribution is 6.02. The Kier molecular flexibility index (Phi) is 4.48. The van der Waals surface area contributed by atoms with Gasteiger partial charge in [0, 0.05) is 5.92 Å². The first-order valence-electron chi connectivity index (χ1n) is 5.98. The first-order valence-corrected chi connectivity index (χ1v) is 5.98. The maximum atomic E-state index is 12.0. The van der Waals surface area contributed by atoms with Crippen LogP contribution in [0.4, 0.5) is 5.69 Å². The average molecular weight is 249 g/mol. The molecule has 0 aliphatic heterocycles. The second kappa shape index (κ2) is 5.67. The number of hydrogen-bond donors (Lipinski definition) is 2. The summed E-state index contributed by atoms with van der Waals surface area (Å²) in [6.45, 7) is 7.53. The topological polar surface area (TPSA) is 66.4 Å². The molecule has 4 heteroatoms. The van der Waals surface area contributed by atoms with Gasteiger partial charge in [-0.3, -0.25) is 4.79 Å². The van der Waals surface area contributed by atoms with Crippen molar-refractivity contribution in [2.75, 3.05) is 5.32 Å². The second-order valence-electron chi connectivity index (χ2n) is 4.82. The molecule has 4 nitrogen and oxygen atoms in total. The van der Waals surface area contributed by atoms with Gasteiger partial charge in [-0.15, -0.1) is 0 Å². The van der Waals surface area contributed by atoms with E-state index in [1.807, 2.05) is 20.8 Å². The highest BCUT2D eigenvalue weighted by Gasteiger charge is 2.20. The summed E-state index contributed by atoms with van der Waals surface area (Å²) in [6, 6.07) is 4.94. The lowest BCUT2D eigenvalue weighted by molar-refractivity contribution is -0.120. The summed E-state index contributed by atoms with van der Waals surface area (Å²) in [6.07, 6.45) is 0. The average Bonchev–Trinajstić information content (AvgIpc) is 2.30. The van der Waals surface area contributed by atoms with Crippen LogP contribution in [0.15, 0.2) is 18.2 Å². The number of carboxylic acids is 1. The summed E-state index contributed by atoms with van der Waals surface area (Å²) in [5.74, 6) is -1.14. The number of carbonyl (C=O) groups is 2. The zero-order valence-corrected chi connectivity index (χ0v) is 11.2. The Balaban J connectivity index is 3.04. The molecule has 0 saturated heterocycles. The fraction of sp³-hybridized carbons (Fsp3) is 0.429. The van der Waals surface area contributed by atoms with Gasteiger partial charge in [0.2, 0.25) is 5.91 Å². The Bertz CT molecular complexity index is 466. The van der Waals surface area contributed by atoms with E-state index in [4.69, 9.17) is 5.11 Å². The minimum Gasteiger partial charge on any atom is -0.478 e. The fourth-order valence-corrected chi connectivity index (χ4v) is 1.55. The van der Waals surface area contributed by atoms with Gasteiger partial charge >= 0.3 is 5.97 Å². The predicted octanol–water partition coefficient (Wildman–Crippen LogP) is 2.92. The number of rotatable bonds is 4. The van der Waals surface area contributed by atoms with Crippen LogP contribution in [0.2, 0.25) is 0 Å². The molecule has 0 aliphatic carbocycles. The molecule has 18 heavy (non-hydrogen) atoms. The van der Waals surface area contributed by atoms with E-state index in [1.165, 1.54) is 6.07 Å². The normalized spacial score (nSPS) is 12.3. The van der Waals surface area contributed by atoms with E-state index in [9.17, 15) is 9.59 Å². The van der Waals surface area contributed by atoms with Crippen molar-refractivity contribution in [3.63, 3.8) is 0 Å². The smallest absolute Gasteiger partial charge is 0.337 e. The molecule has 1 aromatic rings. The number of para-hydroxylation sites is 1. The number of nitrogens with one attached hydrogen (secondary N) is 1. The van der Waals surface area contributed by atoms with Crippen molar-refractivity contribution in [3.05, 3.63) is 29.3 Å². The summed E-state index contributed by atoms with van der Waals surface area (Å²) < 4.78 is 0. The van der Waals surface area contributed by atoms with Crippen LogP contribution < -0.4 is 5.32 Å². The summed E-state index contributed by atoms with van der Waals surface area (Å²) in [5, 5.41) is 11.8. The Labute approximate surface area is 107 Å². The van der Waals surface area contributed by atoms with E-state index < -0.39 is 5.97 Å². The molecule has 0 fully saturated rings. The molecule has 0 heterocycles. The maximum Gasteiger partial charge on any atom is 0.337 e. The SMILES string of the molecule is Cc1cccc(C(=O)O)c1NC(=O)C(C)C(C)C. The highest BCUT2D eigenvalue weighted by atomic mass is 16.4. The van der Waals surface area contributed by atoms with E-state index in [1.54, 1.807) is 19.1 Å². The monoisotopic (exact) mass is 249 g/mol. The van der Waals surface area contributed by atoms with E-state index >= 15 is 0 Å². The molecule has 0 saturated carbocycles. The number of aryl methyl sites for hydroxylation is 1. The number of carbonyl (C=O) groups excluding carboxylic acids is 1. The second-order valence-corrected chi connectivity index (χ2v) is 4.82. The Morgan fingerprint density at radius 3 is 2.33 bits per heavy atom. The lowest BCUT2D eigenvalue weighted by Gasteiger charge is -2.17. The number of carboxylic acid groups (broad SMARTS) is 1. The summed E-state index contributed by atoms with van der Waals surface area (Å²) in [7, 11) is 0. The third-order valence-corrected chi connectivity index (χ3v) is 3.16. The molecule has 1 aromatic carbocycles. The van der Waals surface area contributed by atoms with Gasteiger partial charge in [-0.25, -0.2) is 4.79 Å². The standard InChI is InChI=1S/C14H19NO3/c1-8(2)10(4)13(16)15-12-9(3)6-5-7-11(12)14(17)18/h5-8,10H,1-4H3,(H,15,16)(H,17,18). The van der Waals surface area contributed by atoms with Crippen molar-refractivity contribution in [3.8, 4) is 0 Å². The third kappa shape index (κ3) is 3.09. The lowest BCUT2D eigenvalue weighted by atomic mass is 9.96. The van der Waals surface area contributed by atoms with Gasteiger partial charge in [-0.2, -0.15) is 0 Å². The Morgan fingerprint density at radius 1 is 1.22 bits per heavy atom. The maximum absolute atomic E-state index is 12.0. The zero-order chi connectivity index (χ0) is 13.9. The van der Waals surface area contributed by atoms with Gasteiger partial charge in [0.25, 0.3) is 0 Å². The molecule has 0 spiro atoms. The first kappa shape index (κ1) is 14.2. The van der Waals surface area contributed by atoms with Crippen molar-refractivity contribution in [1.82, 2.24) is 0 Å². The molecule has 0 aromatic heterocycles. The zero-order valence-electron chi connectivity index (χ0n) is 11.2. The van der Waals surface area contributed by atoms with E-state index in [0.717, 1.165) is 5.56 Å². The van der Waals surface area contributed by atoms with Crippen LogP contribution in [-0.2, 0) is 4.79 Å². The number of benzene rings is 1. The quantitative estimate of drug-likeness (QED) is 0.862. The molecule has 0 bridgehead atoms. The molecule has 1 unspecified atom stereocenters. The molecule has 1 rings (SSSR count). The molecule has 1 atom stereocenters. The van der Waals surface area contributed by atoms with Gasteiger partial charge in [-0.05, 0) is 24.5 Å². The molecule has 1 amide bonds.